The predicted molar refractivity (Wildman–Crippen MR) is 113 cm³/mol. The minimum Gasteiger partial charge on any atom is -0.0619 e. The summed E-state index contributed by atoms with van der Waals surface area (Å²) >= 11 is 0. The van der Waals surface area contributed by atoms with Gasteiger partial charge in [-0.15, -0.1) is 0 Å². The van der Waals surface area contributed by atoms with Gasteiger partial charge in [0.2, 0.25) is 0 Å². The van der Waals surface area contributed by atoms with Crippen LogP contribution in [-0.4, -0.2) is 0 Å². The molecule has 1 saturated carbocycles. The Morgan fingerprint density at radius 3 is 2.27 bits per heavy atom. The third kappa shape index (κ3) is 2.36. The van der Waals surface area contributed by atoms with Crippen molar-refractivity contribution in [1.29, 1.82) is 0 Å². The first kappa shape index (κ1) is 15.6. The van der Waals surface area contributed by atoms with Crippen molar-refractivity contribution in [3.63, 3.8) is 0 Å². The Morgan fingerprint density at radius 2 is 1.46 bits per heavy atom. The van der Waals surface area contributed by atoms with Crippen LogP contribution in [0.4, 0.5) is 0 Å². The monoisotopic (exact) mass is 336 g/mol. The van der Waals surface area contributed by atoms with Crippen LogP contribution >= 0.6 is 0 Å². The third-order valence-corrected chi connectivity index (χ3v) is 6.24. The Morgan fingerprint density at radius 1 is 0.692 bits per heavy atom. The summed E-state index contributed by atoms with van der Waals surface area (Å²) in [5.41, 5.74) is 7.08. The topological polar surface area (TPSA) is 0 Å². The highest BCUT2D eigenvalue weighted by molar-refractivity contribution is 6.10. The lowest BCUT2D eigenvalue weighted by molar-refractivity contribution is 0.420. The molecule has 0 heteroatoms. The Labute approximate surface area is 155 Å². The molecule has 4 aromatic rings. The van der Waals surface area contributed by atoms with Gasteiger partial charge in [-0.3, -0.25) is 0 Å². The molecular weight excluding hydrogens is 312 g/mol. The summed E-state index contributed by atoms with van der Waals surface area (Å²) in [7, 11) is 0. The second-order valence-electron chi connectivity index (χ2n) is 7.84. The van der Waals surface area contributed by atoms with Crippen LogP contribution in [0.25, 0.3) is 32.7 Å². The molecular formula is C26H24. The van der Waals surface area contributed by atoms with Crippen molar-refractivity contribution in [1.82, 2.24) is 0 Å². The molecule has 0 heterocycles. The molecule has 26 heavy (non-hydrogen) atoms. The van der Waals surface area contributed by atoms with Crippen molar-refractivity contribution in [3.8, 4) is 11.1 Å². The zero-order chi connectivity index (χ0) is 17.7. The number of fused-ring (bicyclic) bond motifs is 3. The molecule has 1 fully saturated rings. The average molecular weight is 336 g/mol. The fraction of sp³-hybridized carbons (Fsp3) is 0.231. The van der Waals surface area contributed by atoms with Crippen molar-refractivity contribution >= 4 is 21.5 Å². The largest absolute Gasteiger partial charge is 0.0619 e. The van der Waals surface area contributed by atoms with E-state index in [1.54, 1.807) is 0 Å². The van der Waals surface area contributed by atoms with Crippen LogP contribution < -0.4 is 0 Å². The normalized spacial score (nSPS) is 14.7. The van der Waals surface area contributed by atoms with E-state index in [4.69, 9.17) is 0 Å². The fourth-order valence-electron chi connectivity index (χ4n) is 4.53. The minimum absolute atomic E-state index is 0.751. The SMILES string of the molecule is Cc1ccc2c(ccc3c(C)c(-c4ccccc4C4CCC4)ccc32)c1. The molecule has 0 nitrogen and oxygen atoms in total. The van der Waals surface area contributed by atoms with Crippen molar-refractivity contribution in [2.45, 2.75) is 39.0 Å². The standard InChI is InChI=1S/C26H24/c1-17-10-12-24-20(16-17)11-13-21-18(2)22(14-15-26(21)24)25-9-4-3-8-23(25)19-6-5-7-19/h3-4,8-16,19H,5-7H2,1-2H3. The Kier molecular flexibility index (Phi) is 3.60. The molecule has 5 rings (SSSR count). The summed E-state index contributed by atoms with van der Waals surface area (Å²) in [6.07, 6.45) is 4.06. The van der Waals surface area contributed by atoms with Gasteiger partial charge in [0.1, 0.15) is 0 Å². The van der Waals surface area contributed by atoms with Gasteiger partial charge in [0.15, 0.2) is 0 Å². The van der Waals surface area contributed by atoms with Gasteiger partial charge in [-0.2, -0.15) is 0 Å². The van der Waals surface area contributed by atoms with Crippen molar-refractivity contribution in [2.24, 2.45) is 0 Å². The molecule has 128 valence electrons. The van der Waals surface area contributed by atoms with Crippen LogP contribution in [-0.2, 0) is 0 Å². The van der Waals surface area contributed by atoms with Crippen LogP contribution in [0.1, 0.15) is 41.9 Å². The van der Waals surface area contributed by atoms with Crippen LogP contribution in [0.15, 0.2) is 66.7 Å². The van der Waals surface area contributed by atoms with E-state index >= 15 is 0 Å². The molecule has 0 saturated heterocycles. The summed E-state index contributed by atoms with van der Waals surface area (Å²) in [6.45, 7) is 4.45. The van der Waals surface area contributed by atoms with Gasteiger partial charge in [-0.05, 0) is 76.4 Å². The summed E-state index contributed by atoms with van der Waals surface area (Å²) in [6, 6.07) is 25.1. The van der Waals surface area contributed by atoms with E-state index in [1.165, 1.54) is 68.6 Å². The van der Waals surface area contributed by atoms with Gasteiger partial charge in [-0.1, -0.05) is 78.7 Å². The maximum Gasteiger partial charge on any atom is -0.0102 e. The maximum absolute atomic E-state index is 2.34. The summed E-state index contributed by atoms with van der Waals surface area (Å²) in [5.74, 6) is 0.751. The molecule has 1 aliphatic carbocycles. The number of aryl methyl sites for hydroxylation is 2. The van der Waals surface area contributed by atoms with E-state index in [2.05, 4.69) is 80.6 Å². The first-order valence-corrected chi connectivity index (χ1v) is 9.74. The van der Waals surface area contributed by atoms with E-state index in [1.807, 2.05) is 0 Å². The molecule has 0 unspecified atom stereocenters. The fourth-order valence-corrected chi connectivity index (χ4v) is 4.53. The maximum atomic E-state index is 2.34. The Balaban J connectivity index is 1.75. The highest BCUT2D eigenvalue weighted by atomic mass is 14.3. The number of hydrogen-bond acceptors (Lipinski definition) is 0. The molecule has 0 aliphatic heterocycles. The number of benzene rings is 4. The molecule has 4 aromatic carbocycles. The van der Waals surface area contributed by atoms with Crippen LogP contribution in [0.5, 0.6) is 0 Å². The minimum atomic E-state index is 0.751. The Bertz CT molecular complexity index is 1130. The highest BCUT2D eigenvalue weighted by Gasteiger charge is 2.23. The van der Waals surface area contributed by atoms with E-state index in [0.717, 1.165) is 5.92 Å². The molecule has 0 N–H and O–H groups in total. The molecule has 0 atom stereocenters. The quantitative estimate of drug-likeness (QED) is 0.332. The lowest BCUT2D eigenvalue weighted by Crippen LogP contribution is -2.10. The zero-order valence-electron chi connectivity index (χ0n) is 15.5. The van der Waals surface area contributed by atoms with Crippen molar-refractivity contribution in [2.75, 3.05) is 0 Å². The van der Waals surface area contributed by atoms with E-state index in [-0.39, 0.29) is 0 Å². The lowest BCUT2D eigenvalue weighted by Gasteiger charge is -2.28. The summed E-state index contributed by atoms with van der Waals surface area (Å²) < 4.78 is 0. The zero-order valence-corrected chi connectivity index (χ0v) is 15.5. The van der Waals surface area contributed by atoms with Crippen molar-refractivity contribution in [3.05, 3.63) is 83.4 Å². The van der Waals surface area contributed by atoms with Crippen LogP contribution in [0.3, 0.4) is 0 Å². The second-order valence-corrected chi connectivity index (χ2v) is 7.84. The van der Waals surface area contributed by atoms with Crippen LogP contribution in [0, 0.1) is 13.8 Å². The molecule has 0 radical (unpaired) electrons. The van der Waals surface area contributed by atoms with Gasteiger partial charge >= 0.3 is 0 Å². The average Bonchev–Trinajstić information content (AvgIpc) is 2.61. The number of rotatable bonds is 2. The molecule has 1 aliphatic rings. The van der Waals surface area contributed by atoms with Gasteiger partial charge in [0, 0.05) is 0 Å². The first-order valence-electron chi connectivity index (χ1n) is 9.74. The first-order chi connectivity index (χ1) is 12.7. The van der Waals surface area contributed by atoms with E-state index in [0.29, 0.717) is 0 Å². The molecule has 0 aromatic heterocycles. The van der Waals surface area contributed by atoms with Gasteiger partial charge < -0.3 is 0 Å². The third-order valence-electron chi connectivity index (χ3n) is 6.24. The second kappa shape index (κ2) is 5.99. The van der Waals surface area contributed by atoms with Gasteiger partial charge in [-0.25, -0.2) is 0 Å². The number of hydrogen-bond donors (Lipinski definition) is 0. The predicted octanol–water partition coefficient (Wildman–Crippen LogP) is 7.54. The molecule has 0 amide bonds. The Hall–Kier alpha value is -2.60. The highest BCUT2D eigenvalue weighted by Crippen LogP contribution is 2.43. The summed E-state index contributed by atoms with van der Waals surface area (Å²) in [4.78, 5) is 0. The molecule has 0 bridgehead atoms. The smallest absolute Gasteiger partial charge is 0.0102 e. The van der Waals surface area contributed by atoms with Crippen LogP contribution in [0.2, 0.25) is 0 Å². The van der Waals surface area contributed by atoms with Crippen molar-refractivity contribution < 1.29 is 0 Å². The van der Waals surface area contributed by atoms with E-state index < -0.39 is 0 Å². The summed E-state index contributed by atoms with van der Waals surface area (Å²) in [5, 5.41) is 5.43. The molecule has 0 spiro atoms. The van der Waals surface area contributed by atoms with Gasteiger partial charge in [0.05, 0.1) is 0 Å². The lowest BCUT2D eigenvalue weighted by atomic mass is 9.76. The van der Waals surface area contributed by atoms with E-state index in [9.17, 15) is 0 Å². The van der Waals surface area contributed by atoms with Gasteiger partial charge in [0.25, 0.3) is 0 Å².